The lowest BCUT2D eigenvalue weighted by Crippen LogP contribution is -2.19. The molecule has 0 aliphatic heterocycles. The van der Waals surface area contributed by atoms with Gasteiger partial charge in [0.25, 0.3) is 0 Å². The first kappa shape index (κ1) is 16.9. The Morgan fingerprint density at radius 1 is 1.40 bits per heavy atom. The smallest absolute Gasteiger partial charge is 0.190 e. The number of ether oxygens (including phenoxy) is 1. The molecular formula is C14H19NO3S2. The van der Waals surface area contributed by atoms with E-state index in [1.54, 1.807) is 25.3 Å². The van der Waals surface area contributed by atoms with Crippen molar-refractivity contribution in [2.24, 2.45) is 4.40 Å². The third kappa shape index (κ3) is 5.09. The highest BCUT2D eigenvalue weighted by Gasteiger charge is 2.18. The van der Waals surface area contributed by atoms with Crippen LogP contribution in [0.3, 0.4) is 0 Å². The fourth-order valence-electron chi connectivity index (χ4n) is 1.26. The molecule has 0 fully saturated rings. The molecular weight excluding hydrogens is 294 g/mol. The van der Waals surface area contributed by atoms with Crippen LogP contribution in [-0.2, 0) is 15.8 Å². The van der Waals surface area contributed by atoms with Gasteiger partial charge >= 0.3 is 0 Å². The zero-order chi connectivity index (χ0) is 15.3. The van der Waals surface area contributed by atoms with Crippen molar-refractivity contribution in [3.05, 3.63) is 23.8 Å². The van der Waals surface area contributed by atoms with Crippen molar-refractivity contribution in [2.75, 3.05) is 7.11 Å². The maximum absolute atomic E-state index is 11.9. The molecule has 1 aromatic rings. The van der Waals surface area contributed by atoms with E-state index in [1.807, 2.05) is 20.8 Å². The average molecular weight is 313 g/mol. The summed E-state index contributed by atoms with van der Waals surface area (Å²) in [5.41, 5.74) is 0.724. The van der Waals surface area contributed by atoms with Crippen LogP contribution in [0.25, 0.3) is 0 Å². The van der Waals surface area contributed by atoms with E-state index in [-0.39, 0.29) is 5.12 Å². The predicted octanol–water partition coefficient (Wildman–Crippen LogP) is 3.21. The average Bonchev–Trinajstić information content (AvgIpc) is 2.35. The Labute approximate surface area is 126 Å². The van der Waals surface area contributed by atoms with Crippen LogP contribution < -0.4 is 4.74 Å². The minimum absolute atomic E-state index is 0.0123. The van der Waals surface area contributed by atoms with Gasteiger partial charge in [0.2, 0.25) is 0 Å². The Balaban J connectivity index is 3.10. The zero-order valence-electron chi connectivity index (χ0n) is 12.3. The molecule has 0 aromatic heterocycles. The first-order valence-electron chi connectivity index (χ1n) is 6.06. The highest BCUT2D eigenvalue weighted by molar-refractivity contribution is 8.13. The molecule has 6 heteroatoms. The Hall–Kier alpha value is -1.14. The van der Waals surface area contributed by atoms with Gasteiger partial charge in [-0.05, 0) is 39.0 Å². The molecule has 0 bridgehead atoms. The Morgan fingerprint density at radius 2 is 2.05 bits per heavy atom. The van der Waals surface area contributed by atoms with Gasteiger partial charge in [0, 0.05) is 23.6 Å². The lowest BCUT2D eigenvalue weighted by Gasteiger charge is -2.13. The van der Waals surface area contributed by atoms with Crippen molar-refractivity contribution in [3.63, 3.8) is 0 Å². The fourth-order valence-corrected chi connectivity index (χ4v) is 2.47. The highest BCUT2D eigenvalue weighted by atomic mass is 32.2. The van der Waals surface area contributed by atoms with E-state index < -0.39 is 15.7 Å². The molecule has 0 radical (unpaired) electrons. The lowest BCUT2D eigenvalue weighted by molar-refractivity contribution is -0.109. The second-order valence-corrected chi connectivity index (χ2v) is 8.25. The summed E-state index contributed by atoms with van der Waals surface area (Å²) in [6.45, 7) is 7.08. The largest absolute Gasteiger partial charge is 0.497 e. The first-order valence-corrected chi connectivity index (χ1v) is 7.99. The molecule has 0 aliphatic carbocycles. The highest BCUT2D eigenvalue weighted by Crippen LogP contribution is 2.26. The van der Waals surface area contributed by atoms with E-state index in [2.05, 4.69) is 4.40 Å². The Bertz CT molecular complexity index is 548. The van der Waals surface area contributed by atoms with Gasteiger partial charge in [0.15, 0.2) is 5.12 Å². The third-order valence-electron chi connectivity index (χ3n) is 2.28. The molecule has 0 spiro atoms. The van der Waals surface area contributed by atoms with Crippen LogP contribution in [0.1, 0.15) is 33.3 Å². The molecule has 0 amide bonds. The van der Waals surface area contributed by atoms with Gasteiger partial charge in [0.05, 0.1) is 11.9 Å². The molecule has 0 saturated heterocycles. The third-order valence-corrected chi connectivity index (χ3v) is 4.51. The Morgan fingerprint density at radius 3 is 2.55 bits per heavy atom. The molecule has 1 aromatic carbocycles. The summed E-state index contributed by atoms with van der Waals surface area (Å²) in [7, 11) is 0.238. The summed E-state index contributed by atoms with van der Waals surface area (Å²) in [6, 6.07) is 5.35. The van der Waals surface area contributed by atoms with Gasteiger partial charge in [-0.3, -0.25) is 4.79 Å². The van der Waals surface area contributed by atoms with E-state index in [4.69, 9.17) is 4.74 Å². The summed E-state index contributed by atoms with van der Waals surface area (Å²) < 4.78 is 20.8. The zero-order valence-corrected chi connectivity index (χ0v) is 13.9. The van der Waals surface area contributed by atoms with E-state index in [0.29, 0.717) is 5.75 Å². The van der Waals surface area contributed by atoms with Gasteiger partial charge in [-0.25, -0.2) is 4.21 Å². The minimum Gasteiger partial charge on any atom is -0.497 e. The molecule has 1 atom stereocenters. The molecule has 110 valence electrons. The number of carbonyl (C=O) groups excluding carboxylic acids is 1. The second kappa shape index (κ2) is 7.04. The molecule has 0 saturated carbocycles. The minimum atomic E-state index is -1.33. The van der Waals surface area contributed by atoms with E-state index in [9.17, 15) is 9.00 Å². The van der Waals surface area contributed by atoms with E-state index in [1.165, 1.54) is 13.1 Å². The number of nitrogens with zero attached hydrogens (tertiary/aromatic N) is 1. The number of rotatable bonds is 4. The van der Waals surface area contributed by atoms with Crippen LogP contribution in [0.15, 0.2) is 27.5 Å². The van der Waals surface area contributed by atoms with Crippen molar-refractivity contribution < 1.29 is 13.7 Å². The van der Waals surface area contributed by atoms with Crippen LogP contribution in [0.5, 0.6) is 5.75 Å². The quantitative estimate of drug-likeness (QED) is 0.632. The van der Waals surface area contributed by atoms with Crippen LogP contribution in [-0.4, -0.2) is 27.4 Å². The standard InChI is InChI=1S/C14H19NO3S2/c1-10(16)19-13-7-6-12(18-5)8-11(13)9-15-20(17)14(2,3)4/h6-9H,1-5H3/b15-9-. The van der Waals surface area contributed by atoms with Gasteiger partial charge in [0.1, 0.15) is 16.7 Å². The number of hydrogen-bond donors (Lipinski definition) is 0. The molecule has 1 unspecified atom stereocenters. The summed E-state index contributed by atoms with van der Waals surface area (Å²) in [5.74, 6) is 0.667. The SMILES string of the molecule is COc1ccc(SC(C)=O)c(/C=N\S(=O)C(C)(C)C)c1. The normalized spacial score (nSPS) is 13.4. The van der Waals surface area contributed by atoms with Crippen molar-refractivity contribution in [3.8, 4) is 5.75 Å². The number of thioether (sulfide) groups is 1. The van der Waals surface area contributed by atoms with E-state index in [0.717, 1.165) is 22.2 Å². The van der Waals surface area contributed by atoms with Crippen LogP contribution >= 0.6 is 11.8 Å². The molecule has 4 nitrogen and oxygen atoms in total. The van der Waals surface area contributed by atoms with Crippen LogP contribution in [0, 0.1) is 0 Å². The summed E-state index contributed by atoms with van der Waals surface area (Å²) in [5, 5.41) is -0.0123. The van der Waals surface area contributed by atoms with Crippen LogP contribution in [0.4, 0.5) is 0 Å². The second-order valence-electron chi connectivity index (χ2n) is 5.09. The van der Waals surface area contributed by atoms with E-state index >= 15 is 0 Å². The van der Waals surface area contributed by atoms with Gasteiger partial charge < -0.3 is 4.74 Å². The first-order chi connectivity index (χ1) is 9.24. The topological polar surface area (TPSA) is 55.7 Å². The molecule has 0 heterocycles. The van der Waals surface area contributed by atoms with Crippen LogP contribution in [0.2, 0.25) is 0 Å². The lowest BCUT2D eigenvalue weighted by atomic mass is 10.2. The summed E-state index contributed by atoms with van der Waals surface area (Å²) in [4.78, 5) is 12.0. The number of hydrogen-bond acceptors (Lipinski definition) is 4. The molecule has 1 rings (SSSR count). The monoisotopic (exact) mass is 313 g/mol. The molecule has 0 N–H and O–H groups in total. The number of methoxy groups -OCH3 is 1. The van der Waals surface area contributed by atoms with Gasteiger partial charge in [-0.1, -0.05) is 11.8 Å². The number of benzene rings is 1. The van der Waals surface area contributed by atoms with Gasteiger partial charge in [-0.15, -0.1) is 0 Å². The summed E-state index contributed by atoms with van der Waals surface area (Å²) in [6.07, 6.45) is 1.54. The van der Waals surface area contributed by atoms with Crippen molar-refractivity contribution in [2.45, 2.75) is 37.3 Å². The number of carbonyl (C=O) groups is 1. The predicted molar refractivity (Wildman–Crippen MR) is 85.0 cm³/mol. The van der Waals surface area contributed by atoms with Crippen molar-refractivity contribution >= 4 is 34.1 Å². The van der Waals surface area contributed by atoms with Crippen molar-refractivity contribution in [1.82, 2.24) is 0 Å². The van der Waals surface area contributed by atoms with Gasteiger partial charge in [-0.2, -0.15) is 4.40 Å². The summed E-state index contributed by atoms with van der Waals surface area (Å²) >= 11 is 1.12. The maximum atomic E-state index is 11.9. The Kier molecular flexibility index (Phi) is 5.95. The maximum Gasteiger partial charge on any atom is 0.190 e. The van der Waals surface area contributed by atoms with Crippen molar-refractivity contribution in [1.29, 1.82) is 0 Å². The molecule has 0 aliphatic rings. The fraction of sp³-hybridized carbons (Fsp3) is 0.429. The molecule has 20 heavy (non-hydrogen) atoms.